The molecule has 0 saturated carbocycles. The Labute approximate surface area is 97.2 Å². The molecule has 94 valence electrons. The predicted molar refractivity (Wildman–Crippen MR) is 63.4 cm³/mol. The highest BCUT2D eigenvalue weighted by Crippen LogP contribution is 2.15. The van der Waals surface area contributed by atoms with Crippen LogP contribution >= 0.6 is 0 Å². The molecule has 1 rings (SSSR count). The molecule has 5 heteroatoms. The number of rotatable bonds is 5. The number of aliphatic hydroxyl groups is 1. The van der Waals surface area contributed by atoms with Crippen molar-refractivity contribution in [2.45, 2.75) is 32.2 Å². The summed E-state index contributed by atoms with van der Waals surface area (Å²) in [5, 5.41) is 14.0. The number of carbonyl (C=O) groups excluding carboxylic acids is 1. The van der Waals surface area contributed by atoms with Gasteiger partial charge in [-0.05, 0) is 25.9 Å². The number of piperidine rings is 1. The molecule has 0 radical (unpaired) electrons. The minimum atomic E-state index is -0.185. The average molecular weight is 229 g/mol. The summed E-state index contributed by atoms with van der Waals surface area (Å²) in [4.78, 5) is 13.7. The fourth-order valence-corrected chi connectivity index (χ4v) is 2.15. The summed E-state index contributed by atoms with van der Waals surface area (Å²) in [7, 11) is 0. The van der Waals surface area contributed by atoms with Crippen molar-refractivity contribution in [3.63, 3.8) is 0 Å². The van der Waals surface area contributed by atoms with E-state index in [4.69, 9.17) is 5.11 Å². The van der Waals surface area contributed by atoms with Crippen LogP contribution in [-0.2, 0) is 0 Å². The van der Waals surface area contributed by atoms with E-state index >= 15 is 0 Å². The number of carbonyl (C=O) groups is 1. The molecule has 0 aromatic carbocycles. The third kappa shape index (κ3) is 4.37. The lowest BCUT2D eigenvalue weighted by Gasteiger charge is -2.34. The van der Waals surface area contributed by atoms with Crippen LogP contribution in [0, 0.1) is 0 Å². The number of urea groups is 1. The number of nitrogens with zero attached hydrogens (tertiary/aromatic N) is 1. The van der Waals surface area contributed by atoms with Crippen molar-refractivity contribution >= 4 is 6.03 Å². The zero-order chi connectivity index (χ0) is 11.8. The van der Waals surface area contributed by atoms with Crippen molar-refractivity contribution in [1.29, 1.82) is 0 Å². The Morgan fingerprint density at radius 2 is 2.25 bits per heavy atom. The summed E-state index contributed by atoms with van der Waals surface area (Å²) >= 11 is 0. The Hall–Kier alpha value is -0.810. The molecule has 1 aliphatic rings. The lowest BCUT2D eigenvalue weighted by Crippen LogP contribution is -2.48. The van der Waals surface area contributed by atoms with Gasteiger partial charge < -0.3 is 15.7 Å². The van der Waals surface area contributed by atoms with Gasteiger partial charge in [-0.15, -0.1) is 0 Å². The largest absolute Gasteiger partial charge is 0.395 e. The van der Waals surface area contributed by atoms with Crippen molar-refractivity contribution in [2.75, 3.05) is 32.8 Å². The van der Waals surface area contributed by atoms with Gasteiger partial charge in [-0.2, -0.15) is 0 Å². The molecule has 1 unspecified atom stereocenters. The normalized spacial score (nSPS) is 21.8. The summed E-state index contributed by atoms with van der Waals surface area (Å²) < 4.78 is 0. The predicted octanol–water partition coefficient (Wildman–Crippen LogP) is 0.152. The van der Waals surface area contributed by atoms with Gasteiger partial charge in [-0.25, -0.2) is 4.79 Å². The van der Waals surface area contributed by atoms with Crippen molar-refractivity contribution < 1.29 is 9.90 Å². The topological polar surface area (TPSA) is 64.6 Å². The highest BCUT2D eigenvalue weighted by atomic mass is 16.3. The van der Waals surface area contributed by atoms with Gasteiger partial charge in [0, 0.05) is 19.1 Å². The van der Waals surface area contributed by atoms with E-state index < -0.39 is 0 Å². The highest BCUT2D eigenvalue weighted by Gasteiger charge is 2.20. The molecule has 3 N–H and O–H groups in total. The van der Waals surface area contributed by atoms with Crippen molar-refractivity contribution in [3.8, 4) is 0 Å². The molecule has 0 aromatic rings. The zero-order valence-corrected chi connectivity index (χ0v) is 10.0. The van der Waals surface area contributed by atoms with Gasteiger partial charge >= 0.3 is 6.03 Å². The Bertz CT molecular complexity index is 211. The van der Waals surface area contributed by atoms with Crippen LogP contribution in [0.2, 0.25) is 0 Å². The van der Waals surface area contributed by atoms with Gasteiger partial charge in [-0.1, -0.05) is 13.3 Å². The Balaban J connectivity index is 2.21. The van der Waals surface area contributed by atoms with E-state index in [2.05, 4.69) is 22.5 Å². The van der Waals surface area contributed by atoms with Crippen LogP contribution in [0.25, 0.3) is 0 Å². The van der Waals surface area contributed by atoms with E-state index in [1.807, 2.05) is 0 Å². The molecule has 2 amide bonds. The van der Waals surface area contributed by atoms with Gasteiger partial charge in [0.05, 0.1) is 6.61 Å². The van der Waals surface area contributed by atoms with E-state index in [9.17, 15) is 4.79 Å². The smallest absolute Gasteiger partial charge is 0.314 e. The Morgan fingerprint density at radius 3 is 2.94 bits per heavy atom. The van der Waals surface area contributed by atoms with Crippen LogP contribution in [-0.4, -0.2) is 54.9 Å². The molecule has 5 nitrogen and oxygen atoms in total. The Morgan fingerprint density at radius 1 is 1.44 bits per heavy atom. The summed E-state index contributed by atoms with van der Waals surface area (Å²) in [5.74, 6) is 0. The molecule has 16 heavy (non-hydrogen) atoms. The third-order valence-electron chi connectivity index (χ3n) is 3.05. The molecule has 1 aliphatic heterocycles. The summed E-state index contributed by atoms with van der Waals surface area (Å²) in [5.41, 5.74) is 0. The number of likely N-dealkylation sites (tertiary alicyclic amines) is 1. The first-order chi connectivity index (χ1) is 7.77. The molecule has 1 fully saturated rings. The maximum absolute atomic E-state index is 11.3. The van der Waals surface area contributed by atoms with E-state index in [0.717, 1.165) is 19.5 Å². The number of nitrogens with one attached hydrogen (secondary N) is 2. The molecular weight excluding hydrogens is 206 g/mol. The quantitative estimate of drug-likeness (QED) is 0.629. The van der Waals surface area contributed by atoms with E-state index in [-0.39, 0.29) is 12.6 Å². The lowest BCUT2D eigenvalue weighted by molar-refractivity contribution is 0.153. The van der Waals surface area contributed by atoms with E-state index in [1.165, 1.54) is 12.8 Å². The van der Waals surface area contributed by atoms with Crippen molar-refractivity contribution in [3.05, 3.63) is 0 Å². The highest BCUT2D eigenvalue weighted by molar-refractivity contribution is 5.73. The SMILES string of the molecule is CCN1CCCCC1CNC(=O)NCCO. The van der Waals surface area contributed by atoms with Gasteiger partial charge in [0.15, 0.2) is 0 Å². The first-order valence-electron chi connectivity index (χ1n) is 6.14. The number of aliphatic hydroxyl groups excluding tert-OH is 1. The zero-order valence-electron chi connectivity index (χ0n) is 10.0. The molecule has 1 atom stereocenters. The second kappa shape index (κ2) is 7.46. The van der Waals surface area contributed by atoms with E-state index in [1.54, 1.807) is 0 Å². The molecule has 0 aliphatic carbocycles. The maximum Gasteiger partial charge on any atom is 0.314 e. The van der Waals surface area contributed by atoms with Crippen LogP contribution < -0.4 is 10.6 Å². The lowest BCUT2D eigenvalue weighted by atomic mass is 10.0. The van der Waals surface area contributed by atoms with Crippen molar-refractivity contribution in [1.82, 2.24) is 15.5 Å². The van der Waals surface area contributed by atoms with Crippen LogP contribution in [0.1, 0.15) is 26.2 Å². The summed E-state index contributed by atoms with van der Waals surface area (Å²) in [6.45, 7) is 5.34. The number of hydrogen-bond acceptors (Lipinski definition) is 3. The Kier molecular flexibility index (Phi) is 6.18. The standard InChI is InChI=1S/C11H23N3O2/c1-2-14-7-4-3-5-10(14)9-13-11(16)12-6-8-15/h10,15H,2-9H2,1H3,(H2,12,13,16). The molecule has 0 spiro atoms. The fourth-order valence-electron chi connectivity index (χ4n) is 2.15. The van der Waals surface area contributed by atoms with Crippen LogP contribution in [0.3, 0.4) is 0 Å². The second-order valence-electron chi connectivity index (χ2n) is 4.14. The monoisotopic (exact) mass is 229 g/mol. The van der Waals surface area contributed by atoms with Gasteiger partial charge in [-0.3, -0.25) is 4.90 Å². The van der Waals surface area contributed by atoms with Gasteiger partial charge in [0.25, 0.3) is 0 Å². The molecule has 0 bridgehead atoms. The average Bonchev–Trinajstić information content (AvgIpc) is 2.34. The maximum atomic E-state index is 11.3. The first kappa shape index (κ1) is 13.3. The molecule has 0 aromatic heterocycles. The van der Waals surface area contributed by atoms with Crippen LogP contribution in [0.4, 0.5) is 4.79 Å². The first-order valence-corrected chi connectivity index (χ1v) is 6.14. The van der Waals surface area contributed by atoms with Crippen molar-refractivity contribution in [2.24, 2.45) is 0 Å². The molecule has 1 heterocycles. The van der Waals surface area contributed by atoms with E-state index in [0.29, 0.717) is 19.1 Å². The van der Waals surface area contributed by atoms with Crippen LogP contribution in [0.15, 0.2) is 0 Å². The number of hydrogen-bond donors (Lipinski definition) is 3. The van der Waals surface area contributed by atoms with Gasteiger partial charge in [0.2, 0.25) is 0 Å². The van der Waals surface area contributed by atoms with Crippen LogP contribution in [0.5, 0.6) is 0 Å². The summed E-state index contributed by atoms with van der Waals surface area (Å²) in [6.07, 6.45) is 3.68. The molecule has 1 saturated heterocycles. The fraction of sp³-hybridized carbons (Fsp3) is 0.909. The summed E-state index contributed by atoms with van der Waals surface area (Å²) in [6, 6.07) is 0.286. The third-order valence-corrected chi connectivity index (χ3v) is 3.05. The number of amides is 2. The van der Waals surface area contributed by atoms with Gasteiger partial charge in [0.1, 0.15) is 0 Å². The minimum Gasteiger partial charge on any atom is -0.395 e. The molecular formula is C11H23N3O2. The second-order valence-corrected chi connectivity index (χ2v) is 4.14. The number of likely N-dealkylation sites (N-methyl/N-ethyl adjacent to an activating group) is 1. The minimum absolute atomic E-state index is 0.0159.